The van der Waals surface area contributed by atoms with Crippen molar-refractivity contribution in [3.8, 4) is 0 Å². The molecular weight excluding hydrogens is 262 g/mol. The number of likely N-dealkylation sites (tertiary alicyclic amines) is 1. The first-order chi connectivity index (χ1) is 8.95. The predicted octanol–water partition coefficient (Wildman–Crippen LogP) is 3.19. The molecule has 1 aliphatic rings. The second-order valence-electron chi connectivity index (χ2n) is 5.65. The van der Waals surface area contributed by atoms with Crippen LogP contribution in [0.15, 0.2) is 18.2 Å². The first kappa shape index (κ1) is 14.4. The van der Waals surface area contributed by atoms with Gasteiger partial charge in [-0.1, -0.05) is 30.7 Å². The molecule has 0 radical (unpaired) electrons. The van der Waals surface area contributed by atoms with Crippen molar-refractivity contribution in [2.75, 3.05) is 13.1 Å². The zero-order valence-electron chi connectivity index (χ0n) is 11.4. The lowest BCUT2D eigenvalue weighted by Crippen LogP contribution is -2.41. The number of carboxylic acid groups (broad SMARTS) is 1. The molecule has 0 amide bonds. The van der Waals surface area contributed by atoms with Gasteiger partial charge in [-0.25, -0.2) is 0 Å². The van der Waals surface area contributed by atoms with Crippen LogP contribution in [-0.2, 0) is 11.3 Å². The number of nitrogens with zero attached hydrogens (tertiary/aromatic N) is 1. The van der Waals surface area contributed by atoms with Crippen molar-refractivity contribution < 1.29 is 9.90 Å². The number of piperidine rings is 1. The molecule has 1 aliphatic heterocycles. The highest BCUT2D eigenvalue weighted by Gasteiger charge is 2.29. The van der Waals surface area contributed by atoms with E-state index in [1.807, 2.05) is 19.1 Å². The van der Waals surface area contributed by atoms with E-state index >= 15 is 0 Å². The van der Waals surface area contributed by atoms with Gasteiger partial charge < -0.3 is 5.11 Å². The minimum Gasteiger partial charge on any atom is -0.481 e. The summed E-state index contributed by atoms with van der Waals surface area (Å²) in [5, 5.41) is 9.95. The van der Waals surface area contributed by atoms with Crippen molar-refractivity contribution in [3.05, 3.63) is 34.3 Å². The van der Waals surface area contributed by atoms with Crippen LogP contribution in [0, 0.1) is 18.8 Å². The van der Waals surface area contributed by atoms with Gasteiger partial charge in [-0.3, -0.25) is 9.69 Å². The van der Waals surface area contributed by atoms with Crippen LogP contribution in [0.4, 0.5) is 0 Å². The van der Waals surface area contributed by atoms with Gasteiger partial charge in [-0.05, 0) is 36.5 Å². The lowest BCUT2D eigenvalue weighted by Gasteiger charge is -2.34. The maximum Gasteiger partial charge on any atom is 0.307 e. The van der Waals surface area contributed by atoms with Gasteiger partial charge in [0, 0.05) is 24.7 Å². The molecule has 1 N–H and O–H groups in total. The SMILES string of the molecule is Cc1cc(CN2CC(C)CC(C(=O)O)C2)ccc1Cl. The Labute approximate surface area is 119 Å². The molecule has 1 fully saturated rings. The zero-order valence-corrected chi connectivity index (χ0v) is 12.2. The molecule has 19 heavy (non-hydrogen) atoms. The largest absolute Gasteiger partial charge is 0.481 e. The molecule has 2 unspecified atom stereocenters. The number of carbonyl (C=O) groups is 1. The maximum atomic E-state index is 11.2. The normalized spacial score (nSPS) is 24.4. The molecule has 1 aromatic carbocycles. The van der Waals surface area contributed by atoms with Crippen molar-refractivity contribution in [3.63, 3.8) is 0 Å². The summed E-state index contributed by atoms with van der Waals surface area (Å²) in [7, 11) is 0. The molecule has 0 spiro atoms. The summed E-state index contributed by atoms with van der Waals surface area (Å²) in [5.41, 5.74) is 2.26. The third-order valence-electron chi connectivity index (χ3n) is 3.71. The van der Waals surface area contributed by atoms with E-state index in [1.54, 1.807) is 0 Å². The van der Waals surface area contributed by atoms with Crippen LogP contribution >= 0.6 is 11.6 Å². The van der Waals surface area contributed by atoms with Gasteiger partial charge in [0.25, 0.3) is 0 Å². The topological polar surface area (TPSA) is 40.5 Å². The zero-order chi connectivity index (χ0) is 14.0. The second kappa shape index (κ2) is 5.93. The Kier molecular flexibility index (Phi) is 4.48. The van der Waals surface area contributed by atoms with Crippen LogP contribution in [0.25, 0.3) is 0 Å². The van der Waals surface area contributed by atoms with E-state index in [0.29, 0.717) is 12.5 Å². The third-order valence-corrected chi connectivity index (χ3v) is 4.14. The number of halogens is 1. The van der Waals surface area contributed by atoms with E-state index in [9.17, 15) is 9.90 Å². The number of aliphatic carboxylic acids is 1. The van der Waals surface area contributed by atoms with Gasteiger partial charge in [0.05, 0.1) is 5.92 Å². The highest BCUT2D eigenvalue weighted by molar-refractivity contribution is 6.31. The Hall–Kier alpha value is -1.06. The fraction of sp³-hybridized carbons (Fsp3) is 0.533. The summed E-state index contributed by atoms with van der Waals surface area (Å²) in [6.45, 7) is 6.51. The van der Waals surface area contributed by atoms with Crippen molar-refractivity contribution in [2.24, 2.45) is 11.8 Å². The molecule has 2 rings (SSSR count). The number of aryl methyl sites for hydroxylation is 1. The van der Waals surface area contributed by atoms with E-state index < -0.39 is 5.97 Å². The highest BCUT2D eigenvalue weighted by atomic mass is 35.5. The Morgan fingerprint density at radius 2 is 2.21 bits per heavy atom. The molecule has 0 aromatic heterocycles. The summed E-state index contributed by atoms with van der Waals surface area (Å²) >= 11 is 6.02. The smallest absolute Gasteiger partial charge is 0.307 e. The molecule has 0 bridgehead atoms. The molecule has 1 saturated heterocycles. The van der Waals surface area contributed by atoms with Crippen LogP contribution in [0.1, 0.15) is 24.5 Å². The Morgan fingerprint density at radius 1 is 1.47 bits per heavy atom. The number of hydrogen-bond donors (Lipinski definition) is 1. The van der Waals surface area contributed by atoms with E-state index in [-0.39, 0.29) is 5.92 Å². The average molecular weight is 282 g/mol. The second-order valence-corrected chi connectivity index (χ2v) is 6.06. The molecule has 0 saturated carbocycles. The molecule has 4 heteroatoms. The van der Waals surface area contributed by atoms with E-state index in [1.165, 1.54) is 5.56 Å². The number of carboxylic acids is 1. The van der Waals surface area contributed by atoms with E-state index in [4.69, 9.17) is 11.6 Å². The minimum atomic E-state index is -0.677. The Balaban J connectivity index is 2.05. The molecule has 3 nitrogen and oxygen atoms in total. The fourth-order valence-electron chi connectivity index (χ4n) is 2.83. The Bertz CT molecular complexity index is 475. The lowest BCUT2D eigenvalue weighted by molar-refractivity contribution is -0.144. The summed E-state index contributed by atoms with van der Waals surface area (Å²) in [4.78, 5) is 13.4. The van der Waals surface area contributed by atoms with Gasteiger partial charge in [0.15, 0.2) is 0 Å². The van der Waals surface area contributed by atoms with Crippen LogP contribution < -0.4 is 0 Å². The number of rotatable bonds is 3. The van der Waals surface area contributed by atoms with Gasteiger partial charge in [0.2, 0.25) is 0 Å². The first-order valence-electron chi connectivity index (χ1n) is 6.66. The van der Waals surface area contributed by atoms with Gasteiger partial charge in [-0.2, -0.15) is 0 Å². The molecule has 1 aromatic rings. The molecule has 1 heterocycles. The van der Waals surface area contributed by atoms with Crippen LogP contribution in [0.5, 0.6) is 0 Å². The molecule has 0 aliphatic carbocycles. The Morgan fingerprint density at radius 3 is 2.84 bits per heavy atom. The summed E-state index contributed by atoms with van der Waals surface area (Å²) < 4.78 is 0. The first-order valence-corrected chi connectivity index (χ1v) is 7.03. The van der Waals surface area contributed by atoms with Crippen molar-refractivity contribution in [2.45, 2.75) is 26.8 Å². The van der Waals surface area contributed by atoms with Gasteiger partial charge in [0.1, 0.15) is 0 Å². The van der Waals surface area contributed by atoms with Crippen molar-refractivity contribution in [1.82, 2.24) is 4.90 Å². The molecule has 2 atom stereocenters. The molecular formula is C15H20ClNO2. The fourth-order valence-corrected chi connectivity index (χ4v) is 2.95. The van der Waals surface area contributed by atoms with Gasteiger partial charge in [-0.15, -0.1) is 0 Å². The standard InChI is InChI=1S/C15H20ClNO2/c1-10-5-13(15(18)19)9-17(7-10)8-12-3-4-14(16)11(2)6-12/h3-4,6,10,13H,5,7-9H2,1-2H3,(H,18,19). The van der Waals surface area contributed by atoms with Crippen LogP contribution in [0.2, 0.25) is 5.02 Å². The van der Waals surface area contributed by atoms with Crippen LogP contribution in [-0.4, -0.2) is 29.1 Å². The van der Waals surface area contributed by atoms with Crippen molar-refractivity contribution >= 4 is 17.6 Å². The van der Waals surface area contributed by atoms with Crippen LogP contribution in [0.3, 0.4) is 0 Å². The van der Waals surface area contributed by atoms with Gasteiger partial charge >= 0.3 is 5.97 Å². The number of benzene rings is 1. The molecule has 104 valence electrons. The van der Waals surface area contributed by atoms with E-state index in [2.05, 4.69) is 17.9 Å². The maximum absolute atomic E-state index is 11.2. The summed E-state index contributed by atoms with van der Waals surface area (Å²) in [6.07, 6.45) is 0.783. The summed E-state index contributed by atoms with van der Waals surface area (Å²) in [6, 6.07) is 6.01. The quantitative estimate of drug-likeness (QED) is 0.925. The third kappa shape index (κ3) is 3.71. The summed E-state index contributed by atoms with van der Waals surface area (Å²) in [5.74, 6) is -0.482. The number of hydrogen-bond acceptors (Lipinski definition) is 2. The lowest BCUT2D eigenvalue weighted by atomic mass is 9.90. The average Bonchev–Trinajstić information content (AvgIpc) is 2.33. The highest BCUT2D eigenvalue weighted by Crippen LogP contribution is 2.24. The monoisotopic (exact) mass is 281 g/mol. The minimum absolute atomic E-state index is 0.239. The van der Waals surface area contributed by atoms with Crippen molar-refractivity contribution in [1.29, 1.82) is 0 Å². The van der Waals surface area contributed by atoms with E-state index in [0.717, 1.165) is 30.1 Å². The predicted molar refractivity (Wildman–Crippen MR) is 76.4 cm³/mol.